The predicted molar refractivity (Wildman–Crippen MR) is 120 cm³/mol. The molecule has 0 bridgehead atoms. The predicted octanol–water partition coefficient (Wildman–Crippen LogP) is 5.68. The fraction of sp³-hybridized carbons (Fsp3) is 0.130. The molecule has 0 saturated carbocycles. The monoisotopic (exact) mass is 422 g/mol. The van der Waals surface area contributed by atoms with Gasteiger partial charge in [-0.05, 0) is 66.6 Å². The number of rotatable bonds is 4. The van der Waals surface area contributed by atoms with Gasteiger partial charge in [0.2, 0.25) is 5.91 Å². The van der Waals surface area contributed by atoms with E-state index in [9.17, 15) is 9.59 Å². The Morgan fingerprint density at radius 1 is 1.07 bits per heavy atom. The highest BCUT2D eigenvalue weighted by molar-refractivity contribution is 8.00. The maximum atomic E-state index is 12.6. The number of hydrogen-bond acceptors (Lipinski definition) is 3. The lowest BCUT2D eigenvalue weighted by Gasteiger charge is -2.25. The van der Waals surface area contributed by atoms with Crippen molar-refractivity contribution in [3.05, 3.63) is 94.5 Å². The average Bonchev–Trinajstić information content (AvgIpc) is 3.10. The van der Waals surface area contributed by atoms with Gasteiger partial charge in [0.15, 0.2) is 0 Å². The quantitative estimate of drug-likeness (QED) is 0.588. The molecule has 2 amide bonds. The van der Waals surface area contributed by atoms with E-state index in [1.807, 2.05) is 60.4 Å². The topological polar surface area (TPSA) is 49.4 Å². The molecule has 1 saturated heterocycles. The molecule has 1 atom stereocenters. The number of nitrogens with zero attached hydrogens (tertiary/aromatic N) is 1. The summed E-state index contributed by atoms with van der Waals surface area (Å²) in [7, 11) is 0. The molecule has 6 heteroatoms. The number of thioether (sulfide) groups is 1. The zero-order chi connectivity index (χ0) is 20.4. The molecule has 146 valence electrons. The van der Waals surface area contributed by atoms with Crippen molar-refractivity contribution in [3.8, 4) is 0 Å². The minimum atomic E-state index is -0.204. The molecule has 1 aliphatic heterocycles. The van der Waals surface area contributed by atoms with Crippen molar-refractivity contribution in [1.29, 1.82) is 0 Å². The van der Waals surface area contributed by atoms with Gasteiger partial charge in [-0.2, -0.15) is 0 Å². The Morgan fingerprint density at radius 2 is 1.83 bits per heavy atom. The summed E-state index contributed by atoms with van der Waals surface area (Å²) < 4.78 is 0. The molecule has 4 rings (SSSR count). The molecule has 0 aliphatic carbocycles. The number of anilines is 2. The van der Waals surface area contributed by atoms with Crippen LogP contribution in [0.25, 0.3) is 0 Å². The van der Waals surface area contributed by atoms with E-state index in [1.54, 1.807) is 36.0 Å². The van der Waals surface area contributed by atoms with Crippen LogP contribution in [0.5, 0.6) is 0 Å². The van der Waals surface area contributed by atoms with Gasteiger partial charge >= 0.3 is 0 Å². The van der Waals surface area contributed by atoms with E-state index in [2.05, 4.69) is 5.32 Å². The Kier molecular flexibility index (Phi) is 5.60. The van der Waals surface area contributed by atoms with Gasteiger partial charge in [0.25, 0.3) is 5.91 Å². The molecule has 3 aromatic carbocycles. The third kappa shape index (κ3) is 4.31. The lowest BCUT2D eigenvalue weighted by atomic mass is 10.1. The first kappa shape index (κ1) is 19.6. The number of carbonyl (C=O) groups excluding carboxylic acids is 2. The number of amides is 2. The highest BCUT2D eigenvalue weighted by Crippen LogP contribution is 2.42. The highest BCUT2D eigenvalue weighted by atomic mass is 35.5. The van der Waals surface area contributed by atoms with Crippen molar-refractivity contribution in [2.75, 3.05) is 16.0 Å². The first-order valence-electron chi connectivity index (χ1n) is 9.18. The molecule has 0 aromatic heterocycles. The SMILES string of the molecule is Cc1cccc(N2C(=O)CS[C@@H]2c2cccc(NC(=O)c3ccc(Cl)cc3)c2)c1. The molecule has 29 heavy (non-hydrogen) atoms. The van der Waals surface area contributed by atoms with Gasteiger partial charge in [0.1, 0.15) is 5.37 Å². The Bertz CT molecular complexity index is 1070. The summed E-state index contributed by atoms with van der Waals surface area (Å²) in [6.07, 6.45) is 0. The van der Waals surface area contributed by atoms with Crippen LogP contribution >= 0.6 is 23.4 Å². The van der Waals surface area contributed by atoms with Gasteiger partial charge < -0.3 is 5.32 Å². The molecular formula is C23H19ClN2O2S. The fourth-order valence-corrected chi connectivity index (χ4v) is 4.60. The van der Waals surface area contributed by atoms with Crippen LogP contribution in [0.15, 0.2) is 72.8 Å². The summed E-state index contributed by atoms with van der Waals surface area (Å²) in [5, 5.41) is 3.38. The summed E-state index contributed by atoms with van der Waals surface area (Å²) in [4.78, 5) is 26.9. The van der Waals surface area contributed by atoms with E-state index in [4.69, 9.17) is 11.6 Å². The zero-order valence-electron chi connectivity index (χ0n) is 15.8. The number of halogens is 1. The van der Waals surface area contributed by atoms with Crippen molar-refractivity contribution < 1.29 is 9.59 Å². The molecule has 0 unspecified atom stereocenters. The van der Waals surface area contributed by atoms with Gasteiger partial charge in [-0.25, -0.2) is 0 Å². The standard InChI is InChI=1S/C23H19ClN2O2S/c1-15-4-2-7-20(12-15)26-21(27)14-29-23(26)17-5-3-6-19(13-17)25-22(28)16-8-10-18(24)11-9-16/h2-13,23H,14H2,1H3,(H,25,28)/t23-/m1/s1. The molecule has 1 heterocycles. The van der Waals surface area contributed by atoms with Crippen LogP contribution in [-0.4, -0.2) is 17.6 Å². The number of benzene rings is 3. The summed E-state index contributed by atoms with van der Waals surface area (Å²) in [5.74, 6) is 0.311. The second kappa shape index (κ2) is 8.31. The van der Waals surface area contributed by atoms with Crippen molar-refractivity contribution in [3.63, 3.8) is 0 Å². The lowest BCUT2D eigenvalue weighted by molar-refractivity contribution is -0.115. The third-order valence-corrected chi connectivity index (χ3v) is 6.15. The van der Waals surface area contributed by atoms with Crippen LogP contribution < -0.4 is 10.2 Å². The van der Waals surface area contributed by atoms with E-state index in [0.29, 0.717) is 22.0 Å². The minimum absolute atomic E-state index is 0.0844. The van der Waals surface area contributed by atoms with Crippen molar-refractivity contribution in [1.82, 2.24) is 0 Å². The van der Waals surface area contributed by atoms with Crippen LogP contribution in [0, 0.1) is 6.92 Å². The molecule has 4 nitrogen and oxygen atoms in total. The summed E-state index contributed by atoms with van der Waals surface area (Å²) >= 11 is 7.48. The average molecular weight is 423 g/mol. The second-order valence-corrected chi connectivity index (χ2v) is 8.36. The highest BCUT2D eigenvalue weighted by Gasteiger charge is 2.34. The number of hydrogen-bond donors (Lipinski definition) is 1. The van der Waals surface area contributed by atoms with E-state index in [0.717, 1.165) is 16.8 Å². The summed E-state index contributed by atoms with van der Waals surface area (Å²) in [6.45, 7) is 2.01. The van der Waals surface area contributed by atoms with E-state index < -0.39 is 0 Å². The Balaban J connectivity index is 1.58. The molecule has 1 aliphatic rings. The smallest absolute Gasteiger partial charge is 0.255 e. The largest absolute Gasteiger partial charge is 0.322 e. The van der Waals surface area contributed by atoms with Gasteiger partial charge in [-0.15, -0.1) is 11.8 Å². The second-order valence-electron chi connectivity index (χ2n) is 6.85. The number of nitrogens with one attached hydrogen (secondary N) is 1. The van der Waals surface area contributed by atoms with Crippen molar-refractivity contribution >= 4 is 46.6 Å². The van der Waals surface area contributed by atoms with Gasteiger partial charge in [0.05, 0.1) is 5.75 Å². The summed E-state index contributed by atoms with van der Waals surface area (Å²) in [6, 6.07) is 22.3. The van der Waals surface area contributed by atoms with Gasteiger partial charge in [-0.3, -0.25) is 14.5 Å². The normalized spacial score (nSPS) is 16.1. The molecular weight excluding hydrogens is 404 g/mol. The van der Waals surface area contributed by atoms with E-state index >= 15 is 0 Å². The molecule has 0 radical (unpaired) electrons. The van der Waals surface area contributed by atoms with Gasteiger partial charge in [-0.1, -0.05) is 35.9 Å². The Labute approximate surface area is 178 Å². The maximum Gasteiger partial charge on any atom is 0.255 e. The Morgan fingerprint density at radius 3 is 2.59 bits per heavy atom. The first-order valence-corrected chi connectivity index (χ1v) is 10.6. The van der Waals surface area contributed by atoms with Gasteiger partial charge in [0, 0.05) is 22.0 Å². The molecule has 3 aromatic rings. The van der Waals surface area contributed by atoms with Crippen molar-refractivity contribution in [2.24, 2.45) is 0 Å². The van der Waals surface area contributed by atoms with Crippen LogP contribution in [0.2, 0.25) is 5.02 Å². The molecule has 1 N–H and O–H groups in total. The van der Waals surface area contributed by atoms with Crippen LogP contribution in [0.3, 0.4) is 0 Å². The third-order valence-electron chi connectivity index (χ3n) is 4.68. The fourth-order valence-electron chi connectivity index (χ4n) is 3.30. The zero-order valence-corrected chi connectivity index (χ0v) is 17.3. The van der Waals surface area contributed by atoms with Crippen LogP contribution in [0.1, 0.15) is 26.9 Å². The van der Waals surface area contributed by atoms with Crippen LogP contribution in [-0.2, 0) is 4.79 Å². The minimum Gasteiger partial charge on any atom is -0.322 e. The molecule has 0 spiro atoms. The van der Waals surface area contributed by atoms with E-state index in [1.165, 1.54) is 0 Å². The lowest BCUT2D eigenvalue weighted by Crippen LogP contribution is -2.27. The van der Waals surface area contributed by atoms with Crippen molar-refractivity contribution in [2.45, 2.75) is 12.3 Å². The van der Waals surface area contributed by atoms with E-state index in [-0.39, 0.29) is 17.2 Å². The Hall–Kier alpha value is -2.76. The summed E-state index contributed by atoms with van der Waals surface area (Å²) in [5.41, 5.74) is 4.19. The number of carbonyl (C=O) groups is 2. The maximum absolute atomic E-state index is 12.6. The number of aryl methyl sites for hydroxylation is 1. The van der Waals surface area contributed by atoms with Crippen LogP contribution in [0.4, 0.5) is 11.4 Å². The molecule has 1 fully saturated rings. The first-order chi connectivity index (χ1) is 14.0.